The minimum absolute atomic E-state index is 0.0881. The molecular weight excluding hydrogens is 230 g/mol. The van der Waals surface area contributed by atoms with Crippen LogP contribution in [0.15, 0.2) is 11.8 Å². The quantitative estimate of drug-likeness (QED) is 0.754. The molecule has 0 aromatic carbocycles. The summed E-state index contributed by atoms with van der Waals surface area (Å²) in [4.78, 5) is 14.4. The van der Waals surface area contributed by atoms with Crippen molar-refractivity contribution < 1.29 is 9.53 Å². The number of allylic oxidation sites excluding steroid dienone is 1. The molecule has 0 aliphatic heterocycles. The first-order valence-corrected chi connectivity index (χ1v) is 6.00. The summed E-state index contributed by atoms with van der Waals surface area (Å²) in [6, 6.07) is 0. The number of aryl methyl sites for hydroxylation is 2. The van der Waals surface area contributed by atoms with Gasteiger partial charge in [-0.05, 0) is 12.8 Å². The maximum Gasteiger partial charge on any atom is 0.194 e. The van der Waals surface area contributed by atoms with Crippen LogP contribution in [-0.2, 0) is 24.8 Å². The molecule has 0 spiro atoms. The van der Waals surface area contributed by atoms with Gasteiger partial charge in [-0.25, -0.2) is 0 Å². The summed E-state index contributed by atoms with van der Waals surface area (Å²) < 4.78 is 6.91. The number of aromatic nitrogens is 2. The van der Waals surface area contributed by atoms with Gasteiger partial charge in [-0.3, -0.25) is 9.48 Å². The van der Waals surface area contributed by atoms with Gasteiger partial charge in [0.05, 0.1) is 23.6 Å². The van der Waals surface area contributed by atoms with Crippen molar-refractivity contribution in [2.24, 2.45) is 7.05 Å². The maximum absolute atomic E-state index is 12.5. The maximum atomic E-state index is 12.5. The van der Waals surface area contributed by atoms with E-state index in [1.54, 1.807) is 11.8 Å². The third-order valence-corrected chi connectivity index (χ3v) is 3.08. The number of carbonyl (C=O) groups excluding carboxylic acids is 1. The molecule has 0 fully saturated rings. The Balaban J connectivity index is 2.44. The molecule has 98 valence electrons. The van der Waals surface area contributed by atoms with E-state index in [2.05, 4.69) is 5.10 Å². The number of nitrogens with zero attached hydrogens (tertiary/aromatic N) is 3. The molecule has 18 heavy (non-hydrogen) atoms. The highest BCUT2D eigenvalue weighted by atomic mass is 16.5. The van der Waals surface area contributed by atoms with Crippen molar-refractivity contribution in [3.8, 4) is 0 Å². The van der Waals surface area contributed by atoms with Crippen molar-refractivity contribution in [1.29, 1.82) is 0 Å². The summed E-state index contributed by atoms with van der Waals surface area (Å²) in [6.07, 6.45) is 3.47. The van der Waals surface area contributed by atoms with Crippen molar-refractivity contribution in [1.82, 2.24) is 14.7 Å². The molecule has 1 aromatic heterocycles. The molecule has 0 N–H and O–H groups in total. The molecule has 0 amide bonds. The van der Waals surface area contributed by atoms with Crippen LogP contribution in [0, 0.1) is 0 Å². The lowest BCUT2D eigenvalue weighted by Crippen LogP contribution is -2.17. The molecule has 0 radical (unpaired) electrons. The van der Waals surface area contributed by atoms with Crippen LogP contribution < -0.4 is 0 Å². The molecule has 0 bridgehead atoms. The summed E-state index contributed by atoms with van der Waals surface area (Å²) in [6.45, 7) is 0.416. The molecule has 2 rings (SSSR count). The van der Waals surface area contributed by atoms with Crippen LogP contribution in [0.25, 0.3) is 0 Å². The molecule has 0 saturated heterocycles. The second kappa shape index (κ2) is 4.94. The van der Waals surface area contributed by atoms with Crippen molar-refractivity contribution >= 4 is 5.78 Å². The minimum atomic E-state index is 0.0881. The Hall–Kier alpha value is -1.62. The van der Waals surface area contributed by atoms with E-state index >= 15 is 0 Å². The van der Waals surface area contributed by atoms with Crippen LogP contribution >= 0.6 is 0 Å². The first-order chi connectivity index (χ1) is 8.54. The van der Waals surface area contributed by atoms with E-state index in [0.29, 0.717) is 6.61 Å². The van der Waals surface area contributed by atoms with Gasteiger partial charge in [0.15, 0.2) is 5.78 Å². The largest absolute Gasteiger partial charge is 0.383 e. The predicted octanol–water partition coefficient (Wildman–Crippen LogP) is 1.14. The Morgan fingerprint density at radius 1 is 1.44 bits per heavy atom. The van der Waals surface area contributed by atoms with E-state index in [1.807, 2.05) is 32.2 Å². The fourth-order valence-electron chi connectivity index (χ4n) is 2.32. The highest BCUT2D eigenvalue weighted by Gasteiger charge is 2.29. The Kier molecular flexibility index (Phi) is 3.52. The predicted molar refractivity (Wildman–Crippen MR) is 68.3 cm³/mol. The van der Waals surface area contributed by atoms with Gasteiger partial charge >= 0.3 is 0 Å². The highest BCUT2D eigenvalue weighted by molar-refractivity contribution is 6.11. The zero-order valence-corrected chi connectivity index (χ0v) is 11.4. The molecular formula is C13H19N3O2. The van der Waals surface area contributed by atoms with Gasteiger partial charge in [0.2, 0.25) is 0 Å². The van der Waals surface area contributed by atoms with Crippen molar-refractivity contribution in [2.75, 3.05) is 21.2 Å². The van der Waals surface area contributed by atoms with Gasteiger partial charge in [0.25, 0.3) is 0 Å². The molecule has 0 atom stereocenters. The zero-order chi connectivity index (χ0) is 13.3. The van der Waals surface area contributed by atoms with E-state index in [1.165, 1.54) is 0 Å². The van der Waals surface area contributed by atoms with Crippen LogP contribution in [-0.4, -0.2) is 41.7 Å². The Labute approximate surface area is 107 Å². The lowest BCUT2D eigenvalue weighted by molar-refractivity contribution is 0.101. The van der Waals surface area contributed by atoms with E-state index in [4.69, 9.17) is 4.74 Å². The van der Waals surface area contributed by atoms with Crippen molar-refractivity contribution in [3.05, 3.63) is 28.7 Å². The number of ketones is 1. The van der Waals surface area contributed by atoms with Gasteiger partial charge in [0.1, 0.15) is 0 Å². The zero-order valence-electron chi connectivity index (χ0n) is 11.4. The topological polar surface area (TPSA) is 47.4 Å². The molecule has 0 unspecified atom stereocenters. The molecule has 1 aliphatic rings. The number of fused-ring (bicyclic) bond motifs is 1. The Bertz CT molecular complexity index is 501. The van der Waals surface area contributed by atoms with E-state index in [9.17, 15) is 4.79 Å². The van der Waals surface area contributed by atoms with Crippen LogP contribution in [0.5, 0.6) is 0 Å². The van der Waals surface area contributed by atoms with Crippen LogP contribution in [0.3, 0.4) is 0 Å². The standard InChI is InChI=1S/C13H19N3O2/c1-15(2)7-9-5-6-10-12(13(9)17)11(8-18-4)16(3)14-10/h7H,5-6,8H2,1-4H3/b9-7+. The second-order valence-electron chi connectivity index (χ2n) is 4.77. The highest BCUT2D eigenvalue weighted by Crippen LogP contribution is 2.27. The summed E-state index contributed by atoms with van der Waals surface area (Å²) in [5.74, 6) is 0.0881. The third-order valence-electron chi connectivity index (χ3n) is 3.08. The molecule has 5 heteroatoms. The van der Waals surface area contributed by atoms with Crippen LogP contribution in [0.2, 0.25) is 0 Å². The number of hydrogen-bond donors (Lipinski definition) is 0. The van der Waals surface area contributed by atoms with Crippen LogP contribution in [0.1, 0.15) is 28.2 Å². The SMILES string of the molecule is COCc1c2c(nn1C)CC/C(=C\N(C)C)C2=O. The van der Waals surface area contributed by atoms with Gasteiger partial charge in [-0.15, -0.1) is 0 Å². The average molecular weight is 249 g/mol. The third kappa shape index (κ3) is 2.18. The molecule has 0 saturated carbocycles. The van der Waals surface area contributed by atoms with Gasteiger partial charge in [-0.2, -0.15) is 5.10 Å². The Morgan fingerprint density at radius 3 is 2.78 bits per heavy atom. The number of hydrogen-bond acceptors (Lipinski definition) is 4. The first-order valence-electron chi connectivity index (χ1n) is 6.00. The summed E-state index contributed by atoms with van der Waals surface area (Å²) >= 11 is 0. The van der Waals surface area contributed by atoms with Gasteiger partial charge < -0.3 is 9.64 Å². The number of Topliss-reactive ketones (excluding diaryl/α,β-unsaturated/α-hetero) is 1. The lowest BCUT2D eigenvalue weighted by Gasteiger charge is -2.16. The van der Waals surface area contributed by atoms with E-state index in [0.717, 1.165) is 35.4 Å². The number of ether oxygens (including phenoxy) is 1. The van der Waals surface area contributed by atoms with Gasteiger partial charge in [0, 0.05) is 40.0 Å². The van der Waals surface area contributed by atoms with Crippen molar-refractivity contribution in [3.63, 3.8) is 0 Å². The molecule has 1 aromatic rings. The van der Waals surface area contributed by atoms with E-state index in [-0.39, 0.29) is 5.78 Å². The number of rotatable bonds is 3. The van der Waals surface area contributed by atoms with E-state index < -0.39 is 0 Å². The summed E-state index contributed by atoms with van der Waals surface area (Å²) in [5.41, 5.74) is 3.34. The fourth-order valence-corrected chi connectivity index (χ4v) is 2.32. The summed E-state index contributed by atoms with van der Waals surface area (Å²) in [7, 11) is 7.34. The Morgan fingerprint density at radius 2 is 2.17 bits per heavy atom. The smallest absolute Gasteiger partial charge is 0.194 e. The first kappa shape index (κ1) is 12.8. The number of carbonyl (C=O) groups is 1. The van der Waals surface area contributed by atoms with Gasteiger partial charge in [-0.1, -0.05) is 0 Å². The summed E-state index contributed by atoms with van der Waals surface area (Å²) in [5, 5.41) is 4.41. The number of methoxy groups -OCH3 is 1. The van der Waals surface area contributed by atoms with Crippen LogP contribution in [0.4, 0.5) is 0 Å². The molecule has 1 aliphatic carbocycles. The monoisotopic (exact) mass is 249 g/mol. The lowest BCUT2D eigenvalue weighted by atomic mass is 9.90. The molecule has 5 nitrogen and oxygen atoms in total. The fraction of sp³-hybridized carbons (Fsp3) is 0.538. The normalized spacial score (nSPS) is 17.1. The minimum Gasteiger partial charge on any atom is -0.383 e. The van der Waals surface area contributed by atoms with Crippen molar-refractivity contribution in [2.45, 2.75) is 19.4 Å². The second-order valence-corrected chi connectivity index (χ2v) is 4.77. The molecule has 1 heterocycles. The average Bonchev–Trinajstić information content (AvgIpc) is 2.61.